The highest BCUT2D eigenvalue weighted by atomic mass is 19.4. The van der Waals surface area contributed by atoms with E-state index in [0.29, 0.717) is 5.56 Å². The van der Waals surface area contributed by atoms with Gasteiger partial charge in [0.05, 0.1) is 12.1 Å². The summed E-state index contributed by atoms with van der Waals surface area (Å²) in [5, 5.41) is 12.8. The van der Waals surface area contributed by atoms with Gasteiger partial charge in [-0.1, -0.05) is 29.4 Å². The first-order valence-electron chi connectivity index (χ1n) is 6.44. The topological polar surface area (TPSA) is 54.7 Å². The van der Waals surface area contributed by atoms with Crippen LogP contribution in [0.2, 0.25) is 0 Å². The van der Waals surface area contributed by atoms with E-state index in [9.17, 15) is 18.3 Å². The molecule has 1 unspecified atom stereocenters. The van der Waals surface area contributed by atoms with Crippen LogP contribution in [-0.2, 0) is 4.84 Å². The van der Waals surface area contributed by atoms with Crippen molar-refractivity contribution in [3.8, 4) is 11.1 Å². The Morgan fingerprint density at radius 3 is 2.05 bits per heavy atom. The van der Waals surface area contributed by atoms with Crippen LogP contribution in [0.15, 0.2) is 53.9 Å². The first-order valence-corrected chi connectivity index (χ1v) is 6.44. The van der Waals surface area contributed by atoms with Gasteiger partial charge in [-0.25, -0.2) is 0 Å². The van der Waals surface area contributed by atoms with Gasteiger partial charge in [-0.2, -0.15) is 13.2 Å². The number of halogens is 3. The fraction of sp³-hybridized carbons (Fsp3) is 0.200. The maximum atomic E-state index is 12.7. The molecule has 2 aromatic rings. The van der Waals surface area contributed by atoms with Crippen molar-refractivity contribution < 1.29 is 23.1 Å². The van der Waals surface area contributed by atoms with Gasteiger partial charge in [0.15, 0.2) is 0 Å². The lowest BCUT2D eigenvalue weighted by atomic mass is 9.99. The molecule has 22 heavy (non-hydrogen) atoms. The third-order valence-electron chi connectivity index (χ3n) is 3.39. The van der Waals surface area contributed by atoms with Gasteiger partial charge in [-0.15, -0.1) is 0 Å². The summed E-state index contributed by atoms with van der Waals surface area (Å²) in [5.74, 6) is -3.24. The van der Waals surface area contributed by atoms with Crippen LogP contribution in [0.5, 0.6) is 0 Å². The lowest BCUT2D eigenvalue weighted by molar-refractivity contribution is -0.355. The summed E-state index contributed by atoms with van der Waals surface area (Å²) in [6.07, 6.45) is -2.32. The highest BCUT2D eigenvalue weighted by Gasteiger charge is 2.60. The van der Waals surface area contributed by atoms with Gasteiger partial charge in [-0.05, 0) is 28.8 Å². The summed E-state index contributed by atoms with van der Waals surface area (Å²) < 4.78 is 38.0. The Bertz CT molecular complexity index is 699. The predicted molar refractivity (Wildman–Crippen MR) is 72.9 cm³/mol. The number of pyridine rings is 1. The van der Waals surface area contributed by atoms with Crippen LogP contribution in [0.25, 0.3) is 11.1 Å². The van der Waals surface area contributed by atoms with Crippen LogP contribution >= 0.6 is 0 Å². The van der Waals surface area contributed by atoms with Crippen molar-refractivity contribution in [3.63, 3.8) is 0 Å². The molecule has 1 N–H and O–H groups in total. The van der Waals surface area contributed by atoms with Crippen molar-refractivity contribution >= 4 is 5.71 Å². The third-order valence-corrected chi connectivity index (χ3v) is 3.39. The Labute approximate surface area is 123 Å². The van der Waals surface area contributed by atoms with Crippen molar-refractivity contribution in [3.05, 3.63) is 54.4 Å². The number of hydrogen-bond acceptors (Lipinski definition) is 4. The minimum absolute atomic E-state index is 0.0566. The average molecular weight is 308 g/mol. The molecule has 0 bridgehead atoms. The summed E-state index contributed by atoms with van der Waals surface area (Å²) >= 11 is 0. The molecule has 0 fully saturated rings. The summed E-state index contributed by atoms with van der Waals surface area (Å²) in [4.78, 5) is 8.12. The molecule has 0 spiro atoms. The number of hydrogen-bond donors (Lipinski definition) is 1. The standard InChI is InChI=1S/C15H11F3N2O2/c16-15(17,18)14(21)9-13(20-22-14)12-3-1-10(2-4-12)11-5-7-19-8-6-11/h1-8,21H,9H2. The second kappa shape index (κ2) is 5.10. The number of oxime groups is 1. The smallest absolute Gasteiger partial charge is 0.350 e. The van der Waals surface area contributed by atoms with Gasteiger partial charge >= 0.3 is 12.0 Å². The van der Waals surface area contributed by atoms with E-state index >= 15 is 0 Å². The van der Waals surface area contributed by atoms with Crippen molar-refractivity contribution in [2.75, 3.05) is 0 Å². The second-order valence-corrected chi connectivity index (χ2v) is 4.90. The quantitative estimate of drug-likeness (QED) is 0.927. The molecule has 114 valence electrons. The Morgan fingerprint density at radius 1 is 0.955 bits per heavy atom. The average Bonchev–Trinajstić information content (AvgIpc) is 2.92. The Morgan fingerprint density at radius 2 is 1.50 bits per heavy atom. The third kappa shape index (κ3) is 2.55. The van der Waals surface area contributed by atoms with Crippen molar-refractivity contribution in [1.29, 1.82) is 0 Å². The molecule has 1 atom stereocenters. The molecule has 1 aliphatic heterocycles. The van der Waals surface area contributed by atoms with E-state index in [1.54, 1.807) is 36.7 Å². The molecule has 0 aliphatic carbocycles. The number of benzene rings is 1. The molecule has 2 heterocycles. The second-order valence-electron chi connectivity index (χ2n) is 4.90. The summed E-state index contributed by atoms with van der Waals surface area (Å²) in [7, 11) is 0. The van der Waals surface area contributed by atoms with E-state index < -0.39 is 18.4 Å². The number of aliphatic hydroxyl groups is 1. The van der Waals surface area contributed by atoms with Crippen molar-refractivity contribution in [2.45, 2.75) is 18.4 Å². The van der Waals surface area contributed by atoms with Gasteiger partial charge in [0, 0.05) is 12.4 Å². The first kappa shape index (κ1) is 14.5. The summed E-state index contributed by atoms with van der Waals surface area (Å²) in [6.45, 7) is 0. The zero-order valence-corrected chi connectivity index (χ0v) is 11.2. The molecular weight excluding hydrogens is 297 g/mol. The van der Waals surface area contributed by atoms with Crippen LogP contribution in [0.4, 0.5) is 13.2 Å². The molecular formula is C15H11F3N2O2. The maximum Gasteiger partial charge on any atom is 0.458 e. The highest BCUT2D eigenvalue weighted by Crippen LogP contribution is 2.39. The van der Waals surface area contributed by atoms with Crippen LogP contribution in [-0.4, -0.2) is 27.8 Å². The summed E-state index contributed by atoms with van der Waals surface area (Å²) in [5.41, 5.74) is 2.37. The largest absolute Gasteiger partial charge is 0.458 e. The molecule has 1 aromatic heterocycles. The van der Waals surface area contributed by atoms with Gasteiger partial charge in [0.25, 0.3) is 0 Å². The summed E-state index contributed by atoms with van der Waals surface area (Å²) in [6, 6.07) is 10.5. The Kier molecular flexibility index (Phi) is 3.37. The SMILES string of the molecule is OC1(C(F)(F)F)CC(c2ccc(-c3ccncc3)cc2)=NO1. The predicted octanol–water partition coefficient (Wildman–Crippen LogP) is 3.12. The lowest BCUT2D eigenvalue weighted by Gasteiger charge is -2.22. The first-order chi connectivity index (χ1) is 10.4. The van der Waals surface area contributed by atoms with Gasteiger partial charge < -0.3 is 9.94 Å². The molecule has 1 aromatic carbocycles. The van der Waals surface area contributed by atoms with Crippen molar-refractivity contribution in [2.24, 2.45) is 5.16 Å². The van der Waals surface area contributed by atoms with E-state index in [4.69, 9.17) is 0 Å². The minimum Gasteiger partial charge on any atom is -0.350 e. The van der Waals surface area contributed by atoms with E-state index in [1.165, 1.54) is 0 Å². The fourth-order valence-corrected chi connectivity index (χ4v) is 2.13. The number of aromatic nitrogens is 1. The molecule has 1 aliphatic rings. The molecule has 0 amide bonds. The van der Waals surface area contributed by atoms with E-state index in [0.717, 1.165) is 11.1 Å². The number of nitrogens with zero attached hydrogens (tertiary/aromatic N) is 2. The fourth-order valence-electron chi connectivity index (χ4n) is 2.13. The molecule has 3 rings (SSSR count). The van der Waals surface area contributed by atoms with Crippen LogP contribution in [0.1, 0.15) is 12.0 Å². The number of rotatable bonds is 2. The zero-order valence-electron chi connectivity index (χ0n) is 11.2. The van der Waals surface area contributed by atoms with Gasteiger partial charge in [0.2, 0.25) is 0 Å². The van der Waals surface area contributed by atoms with E-state index in [1.807, 2.05) is 12.1 Å². The normalized spacial score (nSPS) is 21.4. The zero-order chi connectivity index (χ0) is 15.8. The van der Waals surface area contributed by atoms with Crippen LogP contribution < -0.4 is 0 Å². The minimum atomic E-state index is -4.89. The molecule has 4 nitrogen and oxygen atoms in total. The molecule has 0 saturated heterocycles. The Hall–Kier alpha value is -2.41. The van der Waals surface area contributed by atoms with Crippen LogP contribution in [0.3, 0.4) is 0 Å². The Balaban J connectivity index is 1.81. The number of alkyl halides is 3. The van der Waals surface area contributed by atoms with E-state index in [2.05, 4.69) is 15.0 Å². The molecule has 0 radical (unpaired) electrons. The molecule has 7 heteroatoms. The van der Waals surface area contributed by atoms with E-state index in [-0.39, 0.29) is 5.71 Å². The van der Waals surface area contributed by atoms with Crippen molar-refractivity contribution in [1.82, 2.24) is 4.98 Å². The maximum absolute atomic E-state index is 12.7. The lowest BCUT2D eigenvalue weighted by Crippen LogP contribution is -2.45. The van der Waals surface area contributed by atoms with Crippen LogP contribution in [0, 0.1) is 0 Å². The van der Waals surface area contributed by atoms with Gasteiger partial charge in [-0.3, -0.25) is 4.98 Å². The van der Waals surface area contributed by atoms with Gasteiger partial charge in [0.1, 0.15) is 0 Å². The molecule has 0 saturated carbocycles. The monoisotopic (exact) mass is 308 g/mol. The highest BCUT2D eigenvalue weighted by molar-refractivity contribution is 6.01.